The highest BCUT2D eigenvalue weighted by atomic mass is 16.2. The number of pyridine rings is 1. The van der Waals surface area contributed by atoms with Gasteiger partial charge < -0.3 is 10.6 Å². The molecular weight excluding hydrogens is 340 g/mol. The third-order valence-corrected chi connectivity index (χ3v) is 5.24. The standard InChI is InChI=1S/C21H24N4O2/c26-20(21(27)24-18-7-8-18)23-13-19(16-6-3-10-22-12-16)25-11-9-15-4-1-2-5-17(15)14-25/h1-6,10,12,18-19H,7-9,11,13-14H2,(H,23,26)(H,24,27)/t19-/m1/s1. The number of carbonyl (C=O) groups excluding carboxylic acids is 2. The van der Waals surface area contributed by atoms with E-state index in [0.717, 1.165) is 37.9 Å². The second-order valence-corrected chi connectivity index (χ2v) is 7.25. The number of benzene rings is 1. The lowest BCUT2D eigenvalue weighted by molar-refractivity contribution is -0.139. The fourth-order valence-electron chi connectivity index (χ4n) is 3.56. The normalized spacial score (nSPS) is 17.6. The topological polar surface area (TPSA) is 74.3 Å². The summed E-state index contributed by atoms with van der Waals surface area (Å²) in [5.74, 6) is -1.10. The van der Waals surface area contributed by atoms with E-state index in [1.807, 2.05) is 18.3 Å². The second kappa shape index (κ2) is 7.88. The van der Waals surface area contributed by atoms with E-state index in [2.05, 4.69) is 44.8 Å². The van der Waals surface area contributed by atoms with E-state index in [9.17, 15) is 9.59 Å². The van der Waals surface area contributed by atoms with E-state index in [-0.39, 0.29) is 12.1 Å². The van der Waals surface area contributed by atoms with Crippen molar-refractivity contribution < 1.29 is 9.59 Å². The van der Waals surface area contributed by atoms with Crippen LogP contribution < -0.4 is 10.6 Å². The predicted molar refractivity (Wildman–Crippen MR) is 102 cm³/mol. The van der Waals surface area contributed by atoms with Gasteiger partial charge in [-0.15, -0.1) is 0 Å². The molecule has 1 atom stereocenters. The molecule has 27 heavy (non-hydrogen) atoms. The van der Waals surface area contributed by atoms with Crippen molar-refractivity contribution in [2.24, 2.45) is 0 Å². The van der Waals surface area contributed by atoms with Crippen LogP contribution in [0, 0.1) is 0 Å². The van der Waals surface area contributed by atoms with Gasteiger partial charge in [-0.1, -0.05) is 30.3 Å². The summed E-state index contributed by atoms with van der Waals surface area (Å²) < 4.78 is 0. The van der Waals surface area contributed by atoms with Gasteiger partial charge in [-0.25, -0.2) is 0 Å². The van der Waals surface area contributed by atoms with Gasteiger partial charge in [0.1, 0.15) is 0 Å². The van der Waals surface area contributed by atoms with Crippen molar-refractivity contribution in [2.75, 3.05) is 13.1 Å². The first kappa shape index (κ1) is 17.7. The number of rotatable bonds is 5. The highest BCUT2D eigenvalue weighted by molar-refractivity contribution is 6.35. The number of fused-ring (bicyclic) bond motifs is 1. The van der Waals surface area contributed by atoms with Crippen LogP contribution >= 0.6 is 0 Å². The van der Waals surface area contributed by atoms with Crippen LogP contribution in [0.3, 0.4) is 0 Å². The quantitative estimate of drug-likeness (QED) is 0.790. The van der Waals surface area contributed by atoms with E-state index in [4.69, 9.17) is 0 Å². The Morgan fingerprint density at radius 2 is 1.93 bits per heavy atom. The molecule has 0 saturated heterocycles. The lowest BCUT2D eigenvalue weighted by atomic mass is 9.97. The molecule has 2 aliphatic rings. The number of nitrogens with zero attached hydrogens (tertiary/aromatic N) is 2. The Hall–Kier alpha value is -2.73. The fraction of sp³-hybridized carbons (Fsp3) is 0.381. The van der Waals surface area contributed by atoms with Crippen LogP contribution in [0.1, 0.15) is 35.6 Å². The van der Waals surface area contributed by atoms with Gasteiger partial charge in [0, 0.05) is 38.1 Å². The molecule has 1 aromatic heterocycles. The molecule has 0 unspecified atom stereocenters. The zero-order chi connectivity index (χ0) is 18.6. The first-order valence-electron chi connectivity index (χ1n) is 9.50. The molecular formula is C21H24N4O2. The third-order valence-electron chi connectivity index (χ3n) is 5.24. The number of aromatic nitrogens is 1. The van der Waals surface area contributed by atoms with Crippen molar-refractivity contribution in [3.8, 4) is 0 Å². The molecule has 1 fully saturated rings. The van der Waals surface area contributed by atoms with E-state index in [0.29, 0.717) is 6.54 Å². The maximum Gasteiger partial charge on any atom is 0.309 e. The van der Waals surface area contributed by atoms with Gasteiger partial charge in [-0.3, -0.25) is 19.5 Å². The number of amides is 2. The average molecular weight is 364 g/mol. The van der Waals surface area contributed by atoms with Gasteiger partial charge in [-0.05, 0) is 42.0 Å². The summed E-state index contributed by atoms with van der Waals surface area (Å²) in [7, 11) is 0. The minimum atomic E-state index is -0.562. The lowest BCUT2D eigenvalue weighted by Crippen LogP contribution is -2.45. The summed E-state index contributed by atoms with van der Waals surface area (Å²) in [6.07, 6.45) is 6.48. The smallest absolute Gasteiger partial charge is 0.309 e. The van der Waals surface area contributed by atoms with Crippen LogP contribution in [-0.4, -0.2) is 40.8 Å². The summed E-state index contributed by atoms with van der Waals surface area (Å²) in [6.45, 7) is 2.10. The maximum atomic E-state index is 12.2. The molecule has 140 valence electrons. The van der Waals surface area contributed by atoms with Gasteiger partial charge in [0.2, 0.25) is 0 Å². The van der Waals surface area contributed by atoms with Gasteiger partial charge in [0.25, 0.3) is 0 Å². The van der Waals surface area contributed by atoms with Crippen molar-refractivity contribution in [1.82, 2.24) is 20.5 Å². The highest BCUT2D eigenvalue weighted by Gasteiger charge is 2.28. The van der Waals surface area contributed by atoms with E-state index >= 15 is 0 Å². The molecule has 1 aromatic carbocycles. The Labute approximate surface area is 159 Å². The third kappa shape index (κ3) is 4.34. The molecule has 6 nitrogen and oxygen atoms in total. The zero-order valence-corrected chi connectivity index (χ0v) is 15.2. The van der Waals surface area contributed by atoms with Crippen molar-refractivity contribution in [2.45, 2.75) is 37.9 Å². The summed E-state index contributed by atoms with van der Waals surface area (Å²) in [4.78, 5) is 30.7. The molecule has 2 N–H and O–H groups in total. The number of carbonyl (C=O) groups is 2. The maximum absolute atomic E-state index is 12.2. The Morgan fingerprint density at radius 1 is 1.11 bits per heavy atom. The SMILES string of the molecule is O=C(NC[C@H](c1cccnc1)N1CCc2ccccc2C1)C(=O)NC1CC1. The molecule has 6 heteroatoms. The Bertz CT molecular complexity index is 820. The summed E-state index contributed by atoms with van der Waals surface area (Å²) in [6, 6.07) is 12.5. The molecule has 2 aromatic rings. The van der Waals surface area contributed by atoms with Crippen LogP contribution in [0.4, 0.5) is 0 Å². The molecule has 4 rings (SSSR count). The number of nitrogens with one attached hydrogen (secondary N) is 2. The number of hydrogen-bond donors (Lipinski definition) is 2. The van der Waals surface area contributed by atoms with Crippen molar-refractivity contribution in [3.63, 3.8) is 0 Å². The predicted octanol–water partition coefficient (Wildman–Crippen LogP) is 1.58. The van der Waals surface area contributed by atoms with Crippen LogP contribution in [-0.2, 0) is 22.6 Å². The molecule has 0 bridgehead atoms. The minimum Gasteiger partial charge on any atom is -0.346 e. The fourth-order valence-corrected chi connectivity index (χ4v) is 3.56. The number of hydrogen-bond acceptors (Lipinski definition) is 4. The van der Waals surface area contributed by atoms with Crippen molar-refractivity contribution in [3.05, 3.63) is 65.5 Å². The first-order chi connectivity index (χ1) is 13.2. The molecule has 1 aliphatic carbocycles. The Kier molecular flexibility index (Phi) is 5.16. The van der Waals surface area contributed by atoms with Crippen molar-refractivity contribution in [1.29, 1.82) is 0 Å². The van der Waals surface area contributed by atoms with E-state index < -0.39 is 11.8 Å². The summed E-state index contributed by atoms with van der Waals surface area (Å²) in [5.41, 5.74) is 3.74. The molecule has 2 amide bonds. The second-order valence-electron chi connectivity index (χ2n) is 7.25. The molecule has 0 radical (unpaired) electrons. The van der Waals surface area contributed by atoms with Gasteiger partial charge in [-0.2, -0.15) is 0 Å². The Balaban J connectivity index is 1.46. The lowest BCUT2D eigenvalue weighted by Gasteiger charge is -2.35. The van der Waals surface area contributed by atoms with Crippen molar-refractivity contribution >= 4 is 11.8 Å². The zero-order valence-electron chi connectivity index (χ0n) is 15.2. The molecule has 1 saturated carbocycles. The van der Waals surface area contributed by atoms with Gasteiger partial charge >= 0.3 is 11.8 Å². The molecule has 2 heterocycles. The summed E-state index contributed by atoms with van der Waals surface area (Å²) >= 11 is 0. The molecule has 0 spiro atoms. The van der Waals surface area contributed by atoms with E-state index in [1.54, 1.807) is 6.20 Å². The van der Waals surface area contributed by atoms with Gasteiger partial charge in [0.05, 0.1) is 6.04 Å². The van der Waals surface area contributed by atoms with Crippen LogP contribution in [0.15, 0.2) is 48.8 Å². The van der Waals surface area contributed by atoms with E-state index in [1.165, 1.54) is 11.1 Å². The molecule has 1 aliphatic heterocycles. The minimum absolute atomic E-state index is 0.0234. The largest absolute Gasteiger partial charge is 0.346 e. The highest BCUT2D eigenvalue weighted by Crippen LogP contribution is 2.27. The van der Waals surface area contributed by atoms with Crippen LogP contribution in [0.5, 0.6) is 0 Å². The van der Waals surface area contributed by atoms with Crippen LogP contribution in [0.2, 0.25) is 0 Å². The first-order valence-corrected chi connectivity index (χ1v) is 9.50. The summed E-state index contributed by atoms with van der Waals surface area (Å²) in [5, 5.41) is 5.55. The van der Waals surface area contributed by atoms with Crippen LogP contribution in [0.25, 0.3) is 0 Å². The van der Waals surface area contributed by atoms with Gasteiger partial charge in [0.15, 0.2) is 0 Å². The average Bonchev–Trinajstić information content (AvgIpc) is 3.52. The Morgan fingerprint density at radius 3 is 2.67 bits per heavy atom. The monoisotopic (exact) mass is 364 g/mol.